The van der Waals surface area contributed by atoms with E-state index in [2.05, 4.69) is 5.10 Å². The van der Waals surface area contributed by atoms with Crippen LogP contribution in [-0.4, -0.2) is 50.4 Å². The summed E-state index contributed by atoms with van der Waals surface area (Å²) in [4.78, 5) is 24.1. The van der Waals surface area contributed by atoms with E-state index < -0.39 is 53.8 Å². The number of alkyl halides is 4. The lowest BCUT2D eigenvalue weighted by molar-refractivity contribution is -0.149. The first-order valence-electron chi connectivity index (χ1n) is 7.66. The van der Waals surface area contributed by atoms with Crippen LogP contribution in [0.5, 0.6) is 0 Å². The second-order valence-corrected chi connectivity index (χ2v) is 6.04. The van der Waals surface area contributed by atoms with Crippen molar-refractivity contribution in [1.29, 1.82) is 0 Å². The molecular formula is C16H12F5N3O3. The molecule has 1 aliphatic rings. The molecule has 0 saturated carbocycles. The van der Waals surface area contributed by atoms with Crippen LogP contribution in [0.2, 0.25) is 0 Å². The van der Waals surface area contributed by atoms with Crippen LogP contribution in [-0.2, 0) is 11.0 Å². The summed E-state index contributed by atoms with van der Waals surface area (Å²) in [7, 11) is 0. The number of carboxylic acids is 1. The number of likely N-dealkylation sites (tertiary alicyclic amines) is 1. The standard InChI is InChI=1S/C16H12F5N3O3/c17-9-1-3-10(4-2-9)24-12(16(19,20)21)11(7-22-24)13(25)23-6-5-15(18,8-23)14(26)27/h1-4,7H,5-6,8H2,(H,26,27). The van der Waals surface area contributed by atoms with Crippen LogP contribution in [0.1, 0.15) is 22.5 Å². The number of hydrogen-bond acceptors (Lipinski definition) is 3. The number of amides is 1. The molecule has 144 valence electrons. The number of carboxylic acid groups (broad SMARTS) is 1. The van der Waals surface area contributed by atoms with Crippen LogP contribution in [0.4, 0.5) is 22.0 Å². The highest BCUT2D eigenvalue weighted by molar-refractivity contribution is 5.96. The molecule has 1 aromatic heterocycles. The maximum Gasteiger partial charge on any atom is 0.434 e. The topological polar surface area (TPSA) is 75.4 Å². The van der Waals surface area contributed by atoms with Crippen molar-refractivity contribution in [2.24, 2.45) is 0 Å². The van der Waals surface area contributed by atoms with E-state index in [9.17, 15) is 31.5 Å². The monoisotopic (exact) mass is 389 g/mol. The summed E-state index contributed by atoms with van der Waals surface area (Å²) in [6.07, 6.45) is -4.84. The smallest absolute Gasteiger partial charge is 0.434 e. The van der Waals surface area contributed by atoms with Crippen molar-refractivity contribution >= 4 is 11.9 Å². The minimum atomic E-state index is -4.99. The Balaban J connectivity index is 2.00. The molecule has 27 heavy (non-hydrogen) atoms. The summed E-state index contributed by atoms with van der Waals surface area (Å²) in [5.74, 6) is -3.63. The number of nitrogens with zero attached hydrogens (tertiary/aromatic N) is 3. The summed E-state index contributed by atoms with van der Waals surface area (Å²) in [6.45, 7) is -1.21. The Bertz CT molecular complexity index is 894. The third-order valence-electron chi connectivity index (χ3n) is 4.23. The first kappa shape index (κ1) is 18.8. The second kappa shape index (κ2) is 6.32. The molecule has 6 nitrogen and oxygen atoms in total. The van der Waals surface area contributed by atoms with Gasteiger partial charge in [0, 0.05) is 13.0 Å². The average Bonchev–Trinajstić information content (AvgIpc) is 3.20. The van der Waals surface area contributed by atoms with Gasteiger partial charge in [-0.05, 0) is 24.3 Å². The molecule has 1 fully saturated rings. The van der Waals surface area contributed by atoms with Crippen LogP contribution < -0.4 is 0 Å². The van der Waals surface area contributed by atoms with Crippen LogP contribution >= 0.6 is 0 Å². The fourth-order valence-corrected chi connectivity index (χ4v) is 2.85. The highest BCUT2D eigenvalue weighted by atomic mass is 19.4. The van der Waals surface area contributed by atoms with Crippen LogP contribution in [0, 0.1) is 5.82 Å². The number of aromatic nitrogens is 2. The van der Waals surface area contributed by atoms with Crippen LogP contribution in [0.3, 0.4) is 0 Å². The maximum absolute atomic E-state index is 14.1. The Morgan fingerprint density at radius 2 is 1.81 bits per heavy atom. The molecule has 1 unspecified atom stereocenters. The van der Waals surface area contributed by atoms with Crippen LogP contribution in [0.25, 0.3) is 5.69 Å². The van der Waals surface area contributed by atoms with E-state index in [0.29, 0.717) is 15.8 Å². The average molecular weight is 389 g/mol. The zero-order valence-electron chi connectivity index (χ0n) is 13.5. The molecule has 0 radical (unpaired) electrons. The number of aliphatic carboxylic acids is 1. The quantitative estimate of drug-likeness (QED) is 0.820. The lowest BCUT2D eigenvalue weighted by Crippen LogP contribution is -2.39. The van der Waals surface area contributed by atoms with Crippen molar-refractivity contribution in [3.05, 3.63) is 47.5 Å². The fourth-order valence-electron chi connectivity index (χ4n) is 2.85. The SMILES string of the molecule is O=C(c1cnn(-c2ccc(F)cc2)c1C(F)(F)F)N1CCC(F)(C(=O)O)C1. The minimum Gasteiger partial charge on any atom is -0.479 e. The molecule has 2 aromatic rings. The molecule has 0 spiro atoms. The molecule has 1 atom stereocenters. The number of hydrogen-bond donors (Lipinski definition) is 1. The Labute approximate surface area is 148 Å². The minimum absolute atomic E-state index is 0.130. The molecule has 2 heterocycles. The van der Waals surface area contributed by atoms with Gasteiger partial charge in [-0.25, -0.2) is 18.3 Å². The molecule has 0 aliphatic carbocycles. The van der Waals surface area contributed by atoms with E-state index in [1.165, 1.54) is 0 Å². The first-order valence-corrected chi connectivity index (χ1v) is 7.66. The van der Waals surface area contributed by atoms with Crippen molar-refractivity contribution < 1.29 is 36.6 Å². The number of carbonyl (C=O) groups is 2. The summed E-state index contributed by atoms with van der Waals surface area (Å²) < 4.78 is 68.3. The molecular weight excluding hydrogens is 377 g/mol. The molecule has 1 aliphatic heterocycles. The molecule has 1 N–H and O–H groups in total. The zero-order valence-corrected chi connectivity index (χ0v) is 13.5. The van der Waals surface area contributed by atoms with Crippen LogP contribution in [0.15, 0.2) is 30.5 Å². The molecule has 0 bridgehead atoms. The van der Waals surface area contributed by atoms with Gasteiger partial charge in [-0.1, -0.05) is 0 Å². The van der Waals surface area contributed by atoms with Gasteiger partial charge in [-0.3, -0.25) is 4.79 Å². The largest absolute Gasteiger partial charge is 0.479 e. The summed E-state index contributed by atoms with van der Waals surface area (Å²) >= 11 is 0. The molecule has 1 amide bonds. The van der Waals surface area contributed by atoms with E-state index in [1.54, 1.807) is 0 Å². The van der Waals surface area contributed by atoms with Gasteiger partial charge in [0.15, 0.2) is 5.69 Å². The van der Waals surface area contributed by atoms with Crippen molar-refractivity contribution in [2.45, 2.75) is 18.3 Å². The fraction of sp³-hybridized carbons (Fsp3) is 0.312. The van der Waals surface area contributed by atoms with Gasteiger partial charge in [0.25, 0.3) is 5.91 Å². The predicted octanol–water partition coefficient (Wildman–Crippen LogP) is 2.67. The molecule has 3 rings (SSSR count). The Hall–Kier alpha value is -2.98. The van der Waals surface area contributed by atoms with Gasteiger partial charge in [-0.2, -0.15) is 18.3 Å². The van der Waals surface area contributed by atoms with Gasteiger partial charge in [-0.15, -0.1) is 0 Å². The first-order chi connectivity index (χ1) is 12.5. The highest BCUT2D eigenvalue weighted by Gasteiger charge is 2.49. The Morgan fingerprint density at radius 3 is 2.33 bits per heavy atom. The summed E-state index contributed by atoms with van der Waals surface area (Å²) in [5, 5.41) is 12.4. The normalized spacial score (nSPS) is 20.1. The number of rotatable bonds is 3. The molecule has 1 saturated heterocycles. The van der Waals surface area contributed by atoms with Gasteiger partial charge >= 0.3 is 12.1 Å². The van der Waals surface area contributed by atoms with E-state index in [-0.39, 0.29) is 12.2 Å². The van der Waals surface area contributed by atoms with Crippen molar-refractivity contribution in [3.63, 3.8) is 0 Å². The lowest BCUT2D eigenvalue weighted by atomic mass is 10.1. The third kappa shape index (κ3) is 3.36. The molecule has 1 aromatic carbocycles. The van der Waals surface area contributed by atoms with E-state index in [1.807, 2.05) is 0 Å². The lowest BCUT2D eigenvalue weighted by Gasteiger charge is -2.19. The predicted molar refractivity (Wildman–Crippen MR) is 80.5 cm³/mol. The van der Waals surface area contributed by atoms with Gasteiger partial charge in [0.1, 0.15) is 5.82 Å². The van der Waals surface area contributed by atoms with E-state index in [4.69, 9.17) is 5.11 Å². The van der Waals surface area contributed by atoms with Crippen molar-refractivity contribution in [2.75, 3.05) is 13.1 Å². The summed E-state index contributed by atoms with van der Waals surface area (Å²) in [6, 6.07) is 3.98. The maximum atomic E-state index is 14.1. The van der Waals surface area contributed by atoms with Crippen molar-refractivity contribution in [1.82, 2.24) is 14.7 Å². The van der Waals surface area contributed by atoms with Gasteiger partial charge in [0.05, 0.1) is 24.0 Å². The molecule has 11 heteroatoms. The van der Waals surface area contributed by atoms with E-state index >= 15 is 0 Å². The van der Waals surface area contributed by atoms with Crippen molar-refractivity contribution in [3.8, 4) is 5.69 Å². The number of carbonyl (C=O) groups excluding carboxylic acids is 1. The summed E-state index contributed by atoms with van der Waals surface area (Å²) in [5.41, 5.74) is -5.09. The number of benzene rings is 1. The number of halogens is 5. The third-order valence-corrected chi connectivity index (χ3v) is 4.23. The second-order valence-electron chi connectivity index (χ2n) is 6.04. The van der Waals surface area contributed by atoms with E-state index in [0.717, 1.165) is 24.3 Å². The Morgan fingerprint density at radius 1 is 1.19 bits per heavy atom. The zero-order chi connectivity index (χ0) is 20.0. The van der Waals surface area contributed by atoms with Gasteiger partial charge < -0.3 is 10.0 Å². The highest BCUT2D eigenvalue weighted by Crippen LogP contribution is 2.35. The van der Waals surface area contributed by atoms with Gasteiger partial charge in [0.2, 0.25) is 5.67 Å². The Kier molecular flexibility index (Phi) is 4.40.